The summed E-state index contributed by atoms with van der Waals surface area (Å²) in [6, 6.07) is 6.00. The summed E-state index contributed by atoms with van der Waals surface area (Å²) in [6.45, 7) is 8.63. The zero-order valence-corrected chi connectivity index (χ0v) is 13.4. The van der Waals surface area contributed by atoms with Gasteiger partial charge in [-0.05, 0) is 32.4 Å². The van der Waals surface area contributed by atoms with Gasteiger partial charge in [-0.2, -0.15) is 0 Å². The Hall–Kier alpha value is -1.26. The van der Waals surface area contributed by atoms with Crippen LogP contribution in [0.3, 0.4) is 0 Å². The van der Waals surface area contributed by atoms with Crippen molar-refractivity contribution in [3.8, 4) is 5.75 Å². The zero-order chi connectivity index (χ0) is 14.4. The van der Waals surface area contributed by atoms with Crippen LogP contribution < -0.4 is 15.8 Å². The normalized spacial score (nSPS) is 11.7. The van der Waals surface area contributed by atoms with Crippen LogP contribution in [0.1, 0.15) is 31.9 Å². The molecule has 1 aromatic rings. The molecule has 4 nitrogen and oxygen atoms in total. The highest BCUT2D eigenvalue weighted by Gasteiger charge is 2.12. The van der Waals surface area contributed by atoms with Gasteiger partial charge in [-0.25, -0.2) is 0 Å². The van der Waals surface area contributed by atoms with E-state index in [0.29, 0.717) is 13.1 Å². The maximum Gasteiger partial charge on any atom is 0.224 e. The van der Waals surface area contributed by atoms with E-state index in [4.69, 9.17) is 10.5 Å². The van der Waals surface area contributed by atoms with Gasteiger partial charge in [-0.1, -0.05) is 19.1 Å². The number of nitrogens with one attached hydrogen (secondary N) is 1. The zero-order valence-electron chi connectivity index (χ0n) is 12.6. The van der Waals surface area contributed by atoms with Gasteiger partial charge in [0.25, 0.3) is 0 Å². The van der Waals surface area contributed by atoms with Gasteiger partial charge in [0, 0.05) is 24.6 Å². The van der Waals surface area contributed by atoms with Crippen molar-refractivity contribution >= 4 is 18.3 Å². The van der Waals surface area contributed by atoms with E-state index in [0.717, 1.165) is 16.9 Å². The molecule has 0 aliphatic rings. The summed E-state index contributed by atoms with van der Waals surface area (Å²) in [4.78, 5) is 11.7. The fraction of sp³-hybridized carbons (Fsp3) is 0.533. The van der Waals surface area contributed by atoms with E-state index >= 15 is 0 Å². The van der Waals surface area contributed by atoms with Gasteiger partial charge in [-0.15, -0.1) is 12.4 Å². The molecule has 0 aromatic heterocycles. The predicted molar refractivity (Wildman–Crippen MR) is 84.3 cm³/mol. The fourth-order valence-electron chi connectivity index (χ4n) is 1.64. The fourth-order valence-corrected chi connectivity index (χ4v) is 1.64. The van der Waals surface area contributed by atoms with Crippen LogP contribution >= 0.6 is 12.4 Å². The molecule has 0 aliphatic carbocycles. The molecule has 114 valence electrons. The third kappa shape index (κ3) is 5.80. The Morgan fingerprint density at radius 3 is 2.55 bits per heavy atom. The smallest absolute Gasteiger partial charge is 0.224 e. The van der Waals surface area contributed by atoms with E-state index in [1.54, 1.807) is 0 Å². The Labute approximate surface area is 127 Å². The monoisotopic (exact) mass is 300 g/mol. The molecule has 0 saturated carbocycles. The molecule has 1 rings (SSSR count). The molecule has 1 aromatic carbocycles. The SMILES string of the molecule is Cc1ccc(CNC(=O)C(C)CN)c(OC(C)C)c1.Cl. The number of amides is 1. The number of halogens is 1. The third-order valence-electron chi connectivity index (χ3n) is 2.84. The van der Waals surface area contributed by atoms with Crippen molar-refractivity contribution in [3.05, 3.63) is 29.3 Å². The van der Waals surface area contributed by atoms with Crippen LogP contribution in [0, 0.1) is 12.8 Å². The van der Waals surface area contributed by atoms with Gasteiger partial charge < -0.3 is 15.8 Å². The van der Waals surface area contributed by atoms with Gasteiger partial charge in [0.2, 0.25) is 5.91 Å². The lowest BCUT2D eigenvalue weighted by Crippen LogP contribution is -2.32. The molecule has 0 radical (unpaired) electrons. The first-order chi connectivity index (χ1) is 8.93. The molecule has 0 bridgehead atoms. The first kappa shape index (κ1) is 18.7. The highest BCUT2D eigenvalue weighted by Crippen LogP contribution is 2.21. The minimum absolute atomic E-state index is 0. The molecule has 20 heavy (non-hydrogen) atoms. The van der Waals surface area contributed by atoms with Crippen molar-refractivity contribution in [2.75, 3.05) is 6.54 Å². The van der Waals surface area contributed by atoms with Gasteiger partial charge in [-0.3, -0.25) is 4.79 Å². The van der Waals surface area contributed by atoms with Crippen molar-refractivity contribution in [1.82, 2.24) is 5.32 Å². The second-order valence-corrected chi connectivity index (χ2v) is 5.13. The molecule has 3 N–H and O–H groups in total. The van der Waals surface area contributed by atoms with Crippen LogP contribution in [0.15, 0.2) is 18.2 Å². The summed E-state index contributed by atoms with van der Waals surface area (Å²) >= 11 is 0. The van der Waals surface area contributed by atoms with Gasteiger partial charge in [0.15, 0.2) is 0 Å². The van der Waals surface area contributed by atoms with Gasteiger partial charge in [0.1, 0.15) is 5.75 Å². The number of rotatable bonds is 6. The van der Waals surface area contributed by atoms with Crippen molar-refractivity contribution < 1.29 is 9.53 Å². The number of hydrogen-bond donors (Lipinski definition) is 2. The molecule has 0 heterocycles. The van der Waals surface area contributed by atoms with E-state index in [9.17, 15) is 4.79 Å². The van der Waals surface area contributed by atoms with Gasteiger partial charge in [0.05, 0.1) is 6.10 Å². The molecule has 0 saturated heterocycles. The second kappa shape index (κ2) is 8.82. The first-order valence-electron chi connectivity index (χ1n) is 6.68. The van der Waals surface area contributed by atoms with Crippen molar-refractivity contribution in [1.29, 1.82) is 0 Å². The standard InChI is InChI=1S/C15H24N2O2.ClH/c1-10(2)19-14-7-11(3)5-6-13(14)9-17-15(18)12(4)8-16;/h5-7,10,12H,8-9,16H2,1-4H3,(H,17,18);1H. The number of nitrogens with two attached hydrogens (primary N) is 1. The summed E-state index contributed by atoms with van der Waals surface area (Å²) in [5.41, 5.74) is 7.60. The van der Waals surface area contributed by atoms with Crippen LogP contribution in [-0.2, 0) is 11.3 Å². The molecule has 1 atom stereocenters. The van der Waals surface area contributed by atoms with E-state index in [-0.39, 0.29) is 30.3 Å². The summed E-state index contributed by atoms with van der Waals surface area (Å²) in [6.07, 6.45) is 0.110. The molecule has 0 spiro atoms. The lowest BCUT2D eigenvalue weighted by molar-refractivity contribution is -0.124. The highest BCUT2D eigenvalue weighted by molar-refractivity contribution is 5.85. The molecular formula is C15H25ClN2O2. The third-order valence-corrected chi connectivity index (χ3v) is 2.84. The lowest BCUT2D eigenvalue weighted by atomic mass is 10.1. The van der Waals surface area contributed by atoms with Crippen molar-refractivity contribution in [2.45, 2.75) is 40.3 Å². The number of benzene rings is 1. The van der Waals surface area contributed by atoms with Crippen LogP contribution in [0.5, 0.6) is 5.75 Å². The first-order valence-corrected chi connectivity index (χ1v) is 6.68. The Balaban J connectivity index is 0.00000361. The van der Waals surface area contributed by atoms with E-state index < -0.39 is 0 Å². The Kier molecular flexibility index (Phi) is 8.26. The van der Waals surface area contributed by atoms with Crippen molar-refractivity contribution in [3.63, 3.8) is 0 Å². The molecule has 5 heteroatoms. The average molecular weight is 301 g/mol. The van der Waals surface area contributed by atoms with E-state index in [1.807, 2.05) is 45.9 Å². The number of aryl methyl sites for hydroxylation is 1. The minimum atomic E-state index is -0.167. The minimum Gasteiger partial charge on any atom is -0.491 e. The highest BCUT2D eigenvalue weighted by atomic mass is 35.5. The number of carbonyl (C=O) groups excluding carboxylic acids is 1. The van der Waals surface area contributed by atoms with Crippen LogP contribution in [0.2, 0.25) is 0 Å². The van der Waals surface area contributed by atoms with Crippen LogP contribution in [0.25, 0.3) is 0 Å². The largest absolute Gasteiger partial charge is 0.491 e. The van der Waals surface area contributed by atoms with Crippen LogP contribution in [-0.4, -0.2) is 18.6 Å². The summed E-state index contributed by atoms with van der Waals surface area (Å²) in [7, 11) is 0. The molecule has 1 amide bonds. The second-order valence-electron chi connectivity index (χ2n) is 5.13. The lowest BCUT2D eigenvalue weighted by Gasteiger charge is -2.16. The number of carbonyl (C=O) groups is 1. The summed E-state index contributed by atoms with van der Waals surface area (Å²) in [5.74, 6) is 0.634. The molecule has 1 unspecified atom stereocenters. The number of ether oxygens (including phenoxy) is 1. The van der Waals surface area contributed by atoms with Crippen molar-refractivity contribution in [2.24, 2.45) is 11.7 Å². The quantitative estimate of drug-likeness (QED) is 0.848. The molecule has 0 fully saturated rings. The Bertz CT molecular complexity index is 436. The topological polar surface area (TPSA) is 64.4 Å². The summed E-state index contributed by atoms with van der Waals surface area (Å²) < 4.78 is 5.77. The maximum absolute atomic E-state index is 11.7. The Morgan fingerprint density at radius 1 is 1.35 bits per heavy atom. The average Bonchev–Trinajstić information content (AvgIpc) is 2.35. The maximum atomic E-state index is 11.7. The van der Waals surface area contributed by atoms with Gasteiger partial charge >= 0.3 is 0 Å². The number of hydrogen-bond acceptors (Lipinski definition) is 3. The summed E-state index contributed by atoms with van der Waals surface area (Å²) in [5, 5.41) is 2.88. The van der Waals surface area contributed by atoms with E-state index in [1.165, 1.54) is 0 Å². The molecular weight excluding hydrogens is 276 g/mol. The Morgan fingerprint density at radius 2 is 2.00 bits per heavy atom. The predicted octanol–water partition coefficient (Wildman–Crippen LogP) is 2.42. The van der Waals surface area contributed by atoms with Crippen LogP contribution in [0.4, 0.5) is 0 Å². The van der Waals surface area contributed by atoms with E-state index in [2.05, 4.69) is 5.32 Å². The molecule has 0 aliphatic heterocycles.